The van der Waals surface area contributed by atoms with Crippen molar-refractivity contribution >= 4 is 0 Å². The van der Waals surface area contributed by atoms with Gasteiger partial charge in [0.15, 0.2) is 5.72 Å². The molecule has 5 heteroatoms. The number of nitrogens with one attached hydrogen (secondary N) is 1. The van der Waals surface area contributed by atoms with Crippen LogP contribution in [0.3, 0.4) is 0 Å². The second-order valence-corrected chi connectivity index (χ2v) is 3.02. The first kappa shape index (κ1) is 8.89. The lowest BCUT2D eigenvalue weighted by Gasteiger charge is -2.21. The second kappa shape index (κ2) is 2.69. The molecule has 11 heavy (non-hydrogen) atoms. The van der Waals surface area contributed by atoms with Crippen LogP contribution in [0.2, 0.25) is 0 Å². The van der Waals surface area contributed by atoms with Gasteiger partial charge in [-0.1, -0.05) is 0 Å². The second-order valence-electron chi connectivity index (χ2n) is 3.02. The lowest BCUT2D eigenvalue weighted by atomic mass is 10.0. The van der Waals surface area contributed by atoms with Gasteiger partial charge in [0.25, 0.3) is 0 Å². The van der Waals surface area contributed by atoms with Crippen LogP contribution in [0.4, 0.5) is 0 Å². The molecule has 0 aromatic heterocycles. The minimum absolute atomic E-state index is 0.773. The van der Waals surface area contributed by atoms with Crippen molar-refractivity contribution in [1.29, 1.82) is 0 Å². The largest absolute Gasteiger partial charge is 0.391 e. The molecule has 0 aromatic rings. The topological polar surface area (TPSA) is 82.0 Å². The predicted molar refractivity (Wildman–Crippen MR) is 36.3 cm³/mol. The molecule has 1 unspecified atom stereocenters. The molecule has 1 heterocycles. The summed E-state index contributed by atoms with van der Waals surface area (Å²) in [5.41, 5.74) is 0.752. The van der Waals surface area contributed by atoms with Crippen LogP contribution in [0.5, 0.6) is 0 Å². The van der Waals surface area contributed by atoms with Crippen molar-refractivity contribution in [3.05, 3.63) is 0 Å². The average molecular weight is 163 g/mol. The van der Waals surface area contributed by atoms with E-state index in [1.807, 2.05) is 0 Å². The van der Waals surface area contributed by atoms with E-state index in [9.17, 15) is 10.2 Å². The normalized spacial score (nSPS) is 47.7. The van der Waals surface area contributed by atoms with Gasteiger partial charge in [-0.3, -0.25) is 4.84 Å². The van der Waals surface area contributed by atoms with Crippen molar-refractivity contribution in [3.8, 4) is 0 Å². The molecular formula is C6H13NO4. The molecule has 0 aliphatic carbocycles. The highest BCUT2D eigenvalue weighted by molar-refractivity contribution is 4.90. The van der Waals surface area contributed by atoms with Crippen molar-refractivity contribution in [1.82, 2.24) is 5.48 Å². The first-order chi connectivity index (χ1) is 4.95. The lowest BCUT2D eigenvalue weighted by molar-refractivity contribution is -0.0785. The maximum absolute atomic E-state index is 9.29. The van der Waals surface area contributed by atoms with E-state index in [2.05, 4.69) is 5.48 Å². The zero-order valence-corrected chi connectivity index (χ0v) is 6.48. The molecule has 4 atom stereocenters. The highest BCUT2D eigenvalue weighted by Gasteiger charge is 2.46. The van der Waals surface area contributed by atoms with Crippen molar-refractivity contribution in [2.75, 3.05) is 0 Å². The quantitative estimate of drug-likeness (QED) is 0.372. The van der Waals surface area contributed by atoms with E-state index in [0.29, 0.717) is 0 Å². The third kappa shape index (κ3) is 1.52. The SMILES string of the molecule is C[C@H](O)C1ON[C@](C)(O)[C@@H]1O. The fourth-order valence-electron chi connectivity index (χ4n) is 0.994. The standard InChI is InChI=1S/C6H13NO4/c1-3(8)4-5(9)6(2,10)7-11-4/h3-5,7-10H,1-2H3/t3-,4?,5+,6+/m0/s1. The van der Waals surface area contributed by atoms with Crippen LogP contribution in [0, 0.1) is 0 Å². The van der Waals surface area contributed by atoms with Crippen molar-refractivity contribution in [2.45, 2.75) is 37.9 Å². The number of hydrogen-bond acceptors (Lipinski definition) is 5. The Labute approximate surface area is 64.6 Å². The van der Waals surface area contributed by atoms with Crippen LogP contribution < -0.4 is 5.48 Å². The Morgan fingerprint density at radius 3 is 2.36 bits per heavy atom. The summed E-state index contributed by atoms with van der Waals surface area (Å²) in [5, 5.41) is 27.6. The average Bonchev–Trinajstić information content (AvgIpc) is 2.09. The smallest absolute Gasteiger partial charge is 0.163 e. The maximum Gasteiger partial charge on any atom is 0.163 e. The molecule has 66 valence electrons. The van der Waals surface area contributed by atoms with Crippen LogP contribution in [0.15, 0.2) is 0 Å². The van der Waals surface area contributed by atoms with Gasteiger partial charge in [-0.25, -0.2) is 0 Å². The number of hydroxylamine groups is 1. The first-order valence-electron chi connectivity index (χ1n) is 3.46. The summed E-state index contributed by atoms with van der Waals surface area (Å²) in [7, 11) is 0. The predicted octanol–water partition coefficient (Wildman–Crippen LogP) is -1.66. The number of hydrogen-bond donors (Lipinski definition) is 4. The third-order valence-corrected chi connectivity index (χ3v) is 1.76. The fourth-order valence-corrected chi connectivity index (χ4v) is 0.994. The Bertz CT molecular complexity index is 148. The third-order valence-electron chi connectivity index (χ3n) is 1.76. The number of aliphatic hydroxyl groups excluding tert-OH is 2. The number of rotatable bonds is 1. The molecule has 4 N–H and O–H groups in total. The summed E-state index contributed by atoms with van der Waals surface area (Å²) in [6.45, 7) is 2.86. The maximum atomic E-state index is 9.29. The summed E-state index contributed by atoms with van der Waals surface area (Å²) in [5.74, 6) is 0. The van der Waals surface area contributed by atoms with Crippen LogP contribution in [-0.4, -0.2) is 39.4 Å². The highest BCUT2D eigenvalue weighted by Crippen LogP contribution is 2.21. The van der Waals surface area contributed by atoms with E-state index in [0.717, 1.165) is 0 Å². The lowest BCUT2D eigenvalue weighted by Crippen LogP contribution is -2.47. The Morgan fingerprint density at radius 1 is 1.64 bits per heavy atom. The van der Waals surface area contributed by atoms with Gasteiger partial charge in [0, 0.05) is 0 Å². The monoisotopic (exact) mass is 163 g/mol. The molecule has 0 spiro atoms. The summed E-state index contributed by atoms with van der Waals surface area (Å²) >= 11 is 0. The zero-order chi connectivity index (χ0) is 8.65. The molecule has 5 nitrogen and oxygen atoms in total. The van der Waals surface area contributed by atoms with Gasteiger partial charge in [0.2, 0.25) is 0 Å². The summed E-state index contributed by atoms with van der Waals surface area (Å²) in [6.07, 6.45) is -2.70. The molecule has 0 aromatic carbocycles. The van der Waals surface area contributed by atoms with E-state index in [1.54, 1.807) is 0 Å². The molecule has 1 fully saturated rings. The van der Waals surface area contributed by atoms with Gasteiger partial charge in [-0.15, -0.1) is 0 Å². The Balaban J connectivity index is 2.63. The van der Waals surface area contributed by atoms with E-state index >= 15 is 0 Å². The minimum atomic E-state index is -1.47. The van der Waals surface area contributed by atoms with Gasteiger partial charge < -0.3 is 15.3 Å². The molecule has 0 radical (unpaired) electrons. The van der Waals surface area contributed by atoms with Crippen LogP contribution in [0.25, 0.3) is 0 Å². The van der Waals surface area contributed by atoms with E-state index in [4.69, 9.17) is 9.94 Å². The molecule has 0 bridgehead atoms. The zero-order valence-electron chi connectivity index (χ0n) is 6.48. The minimum Gasteiger partial charge on any atom is -0.391 e. The summed E-state index contributed by atoms with van der Waals surface area (Å²) in [6, 6.07) is 0. The van der Waals surface area contributed by atoms with Gasteiger partial charge in [-0.2, -0.15) is 5.48 Å². The summed E-state index contributed by atoms with van der Waals surface area (Å²) < 4.78 is 0. The molecule has 0 saturated carbocycles. The van der Waals surface area contributed by atoms with Crippen molar-refractivity contribution in [2.24, 2.45) is 0 Å². The van der Waals surface area contributed by atoms with Crippen LogP contribution >= 0.6 is 0 Å². The molecular weight excluding hydrogens is 150 g/mol. The van der Waals surface area contributed by atoms with Gasteiger partial charge in [0.05, 0.1) is 6.10 Å². The van der Waals surface area contributed by atoms with Crippen molar-refractivity contribution < 1.29 is 20.2 Å². The first-order valence-corrected chi connectivity index (χ1v) is 3.46. The van der Waals surface area contributed by atoms with E-state index < -0.39 is 24.0 Å². The van der Waals surface area contributed by atoms with Crippen molar-refractivity contribution in [3.63, 3.8) is 0 Å². The van der Waals surface area contributed by atoms with Crippen LogP contribution in [-0.2, 0) is 4.84 Å². The Morgan fingerprint density at radius 2 is 2.18 bits per heavy atom. The van der Waals surface area contributed by atoms with Crippen LogP contribution in [0.1, 0.15) is 13.8 Å². The molecule has 0 amide bonds. The van der Waals surface area contributed by atoms with E-state index in [1.165, 1.54) is 13.8 Å². The Hall–Kier alpha value is -0.200. The summed E-state index contributed by atoms with van der Waals surface area (Å²) in [4.78, 5) is 4.74. The molecule has 1 aliphatic heterocycles. The number of aliphatic hydroxyl groups is 3. The van der Waals surface area contributed by atoms with E-state index in [-0.39, 0.29) is 0 Å². The molecule has 1 saturated heterocycles. The highest BCUT2D eigenvalue weighted by atomic mass is 16.7. The molecule has 1 aliphatic rings. The van der Waals surface area contributed by atoms with Gasteiger partial charge in [-0.05, 0) is 13.8 Å². The fraction of sp³-hybridized carbons (Fsp3) is 1.00. The Kier molecular flexibility index (Phi) is 2.17. The van der Waals surface area contributed by atoms with Gasteiger partial charge in [0.1, 0.15) is 12.2 Å². The molecule has 1 rings (SSSR count). The van der Waals surface area contributed by atoms with Gasteiger partial charge >= 0.3 is 0 Å².